The maximum Gasteiger partial charge on any atom is 0.273 e. The molecule has 2 aromatic rings. The van der Waals surface area contributed by atoms with Gasteiger partial charge < -0.3 is 15.1 Å². The number of hydrogen-bond acceptors (Lipinski definition) is 4. The van der Waals surface area contributed by atoms with Gasteiger partial charge in [-0.15, -0.1) is 24.8 Å². The van der Waals surface area contributed by atoms with Gasteiger partial charge in [-0.05, 0) is 38.8 Å². The van der Waals surface area contributed by atoms with Crippen molar-refractivity contribution in [2.24, 2.45) is 5.92 Å². The van der Waals surface area contributed by atoms with E-state index in [-0.39, 0.29) is 30.7 Å². The number of aromatic nitrogens is 1. The number of nitrogens with zero attached hydrogens (tertiary/aromatic N) is 1. The molecule has 1 fully saturated rings. The second-order valence-corrected chi connectivity index (χ2v) is 5.82. The molecule has 1 aliphatic rings. The minimum Gasteiger partial charge on any atom is -0.443 e. The molecule has 2 N–H and O–H groups in total. The number of rotatable bonds is 4. The summed E-state index contributed by atoms with van der Waals surface area (Å²) < 4.78 is 5.42. The fourth-order valence-corrected chi connectivity index (χ4v) is 2.74. The normalized spacial score (nSPS) is 16.6. The Morgan fingerprint density at radius 1 is 1.33 bits per heavy atom. The molecule has 5 nitrogen and oxygen atoms in total. The topological polar surface area (TPSA) is 67.2 Å². The number of oxazole rings is 1. The summed E-state index contributed by atoms with van der Waals surface area (Å²) in [4.78, 5) is 16.4. The monoisotopic (exact) mass is 371 g/mol. The van der Waals surface area contributed by atoms with Crippen LogP contribution in [0.4, 0.5) is 0 Å². The standard InChI is InChI=1S/C17H21N3O2.2ClH/c1-12-4-6-14(7-5-12)16-15(20-11-22-16)17(21)19-10-13-3-2-8-18-9-13;;/h4-7,11,13,18H,2-3,8-10H2,1H3,(H,19,21);2*1H. The Morgan fingerprint density at radius 2 is 2.08 bits per heavy atom. The number of nitrogens with one attached hydrogen (secondary N) is 2. The fourth-order valence-electron chi connectivity index (χ4n) is 2.74. The Morgan fingerprint density at radius 3 is 2.75 bits per heavy atom. The molecule has 132 valence electrons. The molecule has 0 saturated carbocycles. The zero-order chi connectivity index (χ0) is 15.4. The first-order chi connectivity index (χ1) is 10.7. The van der Waals surface area contributed by atoms with Crippen LogP contribution in [-0.4, -0.2) is 30.5 Å². The third-order valence-electron chi connectivity index (χ3n) is 4.05. The van der Waals surface area contributed by atoms with Crippen molar-refractivity contribution in [2.75, 3.05) is 19.6 Å². The van der Waals surface area contributed by atoms with Gasteiger partial charge in [0.05, 0.1) is 0 Å². The average Bonchev–Trinajstić information content (AvgIpc) is 3.04. The highest BCUT2D eigenvalue weighted by Crippen LogP contribution is 2.23. The lowest BCUT2D eigenvalue weighted by molar-refractivity contribution is 0.0940. The molecule has 1 amide bonds. The lowest BCUT2D eigenvalue weighted by atomic mass is 10.00. The largest absolute Gasteiger partial charge is 0.443 e. The van der Waals surface area contributed by atoms with Crippen molar-refractivity contribution in [3.8, 4) is 11.3 Å². The Labute approximate surface area is 154 Å². The van der Waals surface area contributed by atoms with Crippen molar-refractivity contribution in [3.05, 3.63) is 41.9 Å². The van der Waals surface area contributed by atoms with E-state index in [9.17, 15) is 4.79 Å². The van der Waals surface area contributed by atoms with Gasteiger partial charge in [0, 0.05) is 12.1 Å². The Bertz CT molecular complexity index is 638. The highest BCUT2D eigenvalue weighted by atomic mass is 35.5. The molecule has 1 aliphatic heterocycles. The van der Waals surface area contributed by atoms with Gasteiger partial charge in [0.1, 0.15) is 0 Å². The van der Waals surface area contributed by atoms with E-state index in [2.05, 4.69) is 15.6 Å². The second-order valence-electron chi connectivity index (χ2n) is 5.82. The average molecular weight is 372 g/mol. The van der Waals surface area contributed by atoms with Crippen LogP contribution in [0.1, 0.15) is 28.9 Å². The summed E-state index contributed by atoms with van der Waals surface area (Å²) in [6, 6.07) is 7.87. The van der Waals surface area contributed by atoms with Crippen molar-refractivity contribution in [1.29, 1.82) is 0 Å². The minimum atomic E-state index is -0.171. The summed E-state index contributed by atoms with van der Waals surface area (Å²) in [6.45, 7) is 4.73. The first kappa shape index (κ1) is 20.5. The third-order valence-corrected chi connectivity index (χ3v) is 4.05. The van der Waals surface area contributed by atoms with Crippen LogP contribution in [0.2, 0.25) is 0 Å². The smallest absolute Gasteiger partial charge is 0.273 e. The van der Waals surface area contributed by atoms with E-state index in [0.29, 0.717) is 23.9 Å². The highest BCUT2D eigenvalue weighted by molar-refractivity contribution is 5.97. The number of benzene rings is 1. The zero-order valence-electron chi connectivity index (χ0n) is 13.6. The molecule has 1 atom stereocenters. The molecular formula is C17H23Cl2N3O2. The Hall–Kier alpha value is -1.56. The lowest BCUT2D eigenvalue weighted by Crippen LogP contribution is -2.38. The second kappa shape index (κ2) is 9.67. The summed E-state index contributed by atoms with van der Waals surface area (Å²) in [6.07, 6.45) is 3.64. The van der Waals surface area contributed by atoms with Crippen LogP contribution < -0.4 is 10.6 Å². The van der Waals surface area contributed by atoms with Gasteiger partial charge in [-0.3, -0.25) is 4.79 Å². The van der Waals surface area contributed by atoms with E-state index in [1.165, 1.54) is 18.4 Å². The van der Waals surface area contributed by atoms with Crippen molar-refractivity contribution in [1.82, 2.24) is 15.6 Å². The van der Waals surface area contributed by atoms with Gasteiger partial charge in [0.2, 0.25) is 0 Å². The Balaban J connectivity index is 0.00000144. The van der Waals surface area contributed by atoms with Crippen LogP contribution in [0.3, 0.4) is 0 Å². The SMILES string of the molecule is Cc1ccc(-c2ocnc2C(=O)NCC2CCCNC2)cc1.Cl.Cl. The predicted molar refractivity (Wildman–Crippen MR) is 99.1 cm³/mol. The zero-order valence-corrected chi connectivity index (χ0v) is 15.2. The van der Waals surface area contributed by atoms with Gasteiger partial charge in [-0.25, -0.2) is 4.98 Å². The minimum absolute atomic E-state index is 0. The molecule has 1 unspecified atom stereocenters. The molecule has 7 heteroatoms. The quantitative estimate of drug-likeness (QED) is 0.865. The summed E-state index contributed by atoms with van der Waals surface area (Å²) in [5.41, 5.74) is 2.39. The number of aryl methyl sites for hydroxylation is 1. The molecule has 0 radical (unpaired) electrons. The lowest BCUT2D eigenvalue weighted by Gasteiger charge is -2.22. The van der Waals surface area contributed by atoms with E-state index >= 15 is 0 Å². The van der Waals surface area contributed by atoms with Gasteiger partial charge >= 0.3 is 0 Å². The van der Waals surface area contributed by atoms with Crippen molar-refractivity contribution < 1.29 is 9.21 Å². The van der Waals surface area contributed by atoms with Crippen LogP contribution in [-0.2, 0) is 0 Å². The number of amides is 1. The van der Waals surface area contributed by atoms with Crippen LogP contribution in [0.5, 0.6) is 0 Å². The number of carbonyl (C=O) groups is 1. The van der Waals surface area contributed by atoms with Crippen LogP contribution in [0, 0.1) is 12.8 Å². The molecule has 1 aromatic heterocycles. The van der Waals surface area contributed by atoms with Crippen LogP contribution >= 0.6 is 24.8 Å². The predicted octanol–water partition coefficient (Wildman–Crippen LogP) is 3.22. The number of piperidine rings is 1. The maximum absolute atomic E-state index is 12.4. The van der Waals surface area contributed by atoms with Crippen molar-refractivity contribution >= 4 is 30.7 Å². The summed E-state index contributed by atoms with van der Waals surface area (Å²) in [7, 11) is 0. The summed E-state index contributed by atoms with van der Waals surface area (Å²) >= 11 is 0. The van der Waals surface area contributed by atoms with Crippen molar-refractivity contribution in [3.63, 3.8) is 0 Å². The molecule has 1 aromatic carbocycles. The molecule has 2 heterocycles. The third kappa shape index (κ3) is 4.97. The van der Waals surface area contributed by atoms with Crippen LogP contribution in [0.25, 0.3) is 11.3 Å². The van der Waals surface area contributed by atoms with Gasteiger partial charge in [0.15, 0.2) is 17.8 Å². The summed E-state index contributed by atoms with van der Waals surface area (Å²) in [5.74, 6) is 0.849. The maximum atomic E-state index is 12.4. The van der Waals surface area contributed by atoms with Crippen molar-refractivity contribution in [2.45, 2.75) is 19.8 Å². The van der Waals surface area contributed by atoms with E-state index in [1.807, 2.05) is 31.2 Å². The first-order valence-electron chi connectivity index (χ1n) is 7.73. The van der Waals surface area contributed by atoms with E-state index in [4.69, 9.17) is 4.42 Å². The number of hydrogen-bond donors (Lipinski definition) is 2. The first-order valence-corrected chi connectivity index (χ1v) is 7.73. The van der Waals surface area contributed by atoms with Crippen LogP contribution in [0.15, 0.2) is 35.1 Å². The van der Waals surface area contributed by atoms with Gasteiger partial charge in [-0.2, -0.15) is 0 Å². The molecule has 0 aliphatic carbocycles. The van der Waals surface area contributed by atoms with Gasteiger partial charge in [-0.1, -0.05) is 29.8 Å². The van der Waals surface area contributed by atoms with E-state index in [1.54, 1.807) is 0 Å². The molecule has 0 bridgehead atoms. The van der Waals surface area contributed by atoms with Gasteiger partial charge in [0.25, 0.3) is 5.91 Å². The van der Waals surface area contributed by atoms with E-state index < -0.39 is 0 Å². The Kier molecular flexibility index (Phi) is 8.25. The number of halogens is 2. The molecule has 1 saturated heterocycles. The fraction of sp³-hybridized carbons (Fsp3) is 0.412. The molecule has 0 spiro atoms. The highest BCUT2D eigenvalue weighted by Gasteiger charge is 2.20. The molecular weight excluding hydrogens is 349 g/mol. The van der Waals surface area contributed by atoms with E-state index in [0.717, 1.165) is 25.1 Å². The molecule has 24 heavy (non-hydrogen) atoms. The molecule has 3 rings (SSSR count). The summed E-state index contributed by atoms with van der Waals surface area (Å²) in [5, 5.41) is 6.33. The number of carbonyl (C=O) groups excluding carboxylic acids is 1.